The molecule has 1 aromatic carbocycles. The molecule has 8 heteroatoms. The van der Waals surface area contributed by atoms with Crippen LogP contribution in [0.25, 0.3) is 0 Å². The molecule has 0 aliphatic carbocycles. The van der Waals surface area contributed by atoms with E-state index in [0.29, 0.717) is 11.4 Å². The fourth-order valence-corrected chi connectivity index (χ4v) is 1.31. The van der Waals surface area contributed by atoms with Gasteiger partial charge in [0.15, 0.2) is 0 Å². The number of benzene rings is 1. The number of nitrogens with one attached hydrogen (secondary N) is 2. The maximum absolute atomic E-state index is 11.7. The van der Waals surface area contributed by atoms with Crippen molar-refractivity contribution in [2.75, 3.05) is 11.1 Å². The van der Waals surface area contributed by atoms with Gasteiger partial charge in [0.1, 0.15) is 0 Å². The summed E-state index contributed by atoms with van der Waals surface area (Å²) in [6.45, 7) is 5.24. The van der Waals surface area contributed by atoms with Crippen molar-refractivity contribution in [3.05, 3.63) is 24.3 Å². The number of rotatable bonds is 4. The Morgan fingerprint density at radius 3 is 2.48 bits per heavy atom. The fraction of sp³-hybridized carbons (Fsp3) is 0.308. The van der Waals surface area contributed by atoms with Gasteiger partial charge in [-0.2, -0.15) is 0 Å². The molecule has 0 aliphatic rings. The summed E-state index contributed by atoms with van der Waals surface area (Å²) >= 11 is 0. The first-order chi connectivity index (χ1) is 9.80. The molecule has 0 atom stereocenters. The Labute approximate surface area is 124 Å². The van der Waals surface area contributed by atoms with E-state index in [9.17, 15) is 4.79 Å². The molecule has 0 saturated heterocycles. The van der Waals surface area contributed by atoms with E-state index in [0.717, 1.165) is 7.12 Å². The van der Waals surface area contributed by atoms with Gasteiger partial charge in [0.05, 0.1) is 0 Å². The predicted molar refractivity (Wildman–Crippen MR) is 81.3 cm³/mol. The van der Waals surface area contributed by atoms with Gasteiger partial charge in [0.25, 0.3) is 0 Å². The minimum absolute atomic E-state index is 0.163. The summed E-state index contributed by atoms with van der Waals surface area (Å²) in [5.41, 5.74) is 6.39. The molecule has 1 aromatic rings. The van der Waals surface area contributed by atoms with Crippen molar-refractivity contribution in [3.8, 4) is 6.26 Å². The summed E-state index contributed by atoms with van der Waals surface area (Å²) < 4.78 is 9.62. The van der Waals surface area contributed by atoms with Crippen molar-refractivity contribution in [2.24, 2.45) is 0 Å². The first kappa shape index (κ1) is 16.4. The van der Waals surface area contributed by atoms with Crippen LogP contribution in [0.1, 0.15) is 20.8 Å². The average Bonchev–Trinajstić information content (AvgIpc) is 2.36. The molecule has 21 heavy (non-hydrogen) atoms. The van der Waals surface area contributed by atoms with E-state index in [1.54, 1.807) is 45.0 Å². The molecule has 110 valence electrons. The van der Waals surface area contributed by atoms with Crippen LogP contribution in [0, 0.1) is 11.5 Å². The quantitative estimate of drug-likeness (QED) is 0.439. The van der Waals surface area contributed by atoms with E-state index < -0.39 is 11.7 Å². The third-order valence-corrected chi connectivity index (χ3v) is 2.05. The SMILES string of the molecule is CC(C)(C)OC(=O)NC(=BOC#N)Nc1ccc(N)cc1. The van der Waals surface area contributed by atoms with E-state index in [4.69, 9.17) is 15.7 Å². The molecule has 1 rings (SSSR count). The van der Waals surface area contributed by atoms with Crippen LogP contribution in [-0.2, 0) is 9.39 Å². The van der Waals surface area contributed by atoms with Crippen LogP contribution in [0.5, 0.6) is 0 Å². The normalized spacial score (nSPS) is 10.9. The second kappa shape index (κ2) is 7.19. The molecule has 0 aliphatic heterocycles. The topological polar surface area (TPSA) is 109 Å². The van der Waals surface area contributed by atoms with Crippen molar-refractivity contribution >= 4 is 30.3 Å². The Morgan fingerprint density at radius 1 is 1.33 bits per heavy atom. The summed E-state index contributed by atoms with van der Waals surface area (Å²) in [5, 5.41) is 13.8. The van der Waals surface area contributed by atoms with Crippen molar-refractivity contribution < 1.29 is 14.2 Å². The number of hydrogen-bond donors (Lipinski definition) is 3. The van der Waals surface area contributed by atoms with Gasteiger partial charge < -0.3 is 0 Å². The van der Waals surface area contributed by atoms with Crippen LogP contribution >= 0.6 is 0 Å². The molecule has 0 spiro atoms. The number of nitrogen functional groups attached to an aromatic ring is 1. The van der Waals surface area contributed by atoms with E-state index >= 15 is 0 Å². The number of alkyl carbamates (subject to hydrolysis) is 1. The Hall–Kier alpha value is -2.69. The van der Waals surface area contributed by atoms with Crippen molar-refractivity contribution in [2.45, 2.75) is 26.4 Å². The number of nitrogens with two attached hydrogens (primary N) is 1. The standard InChI is InChI=1S/C13H17BN4O3/c1-13(2,3)21-12(19)18-11(14-20-8-15)17-10-6-4-9(16)5-7-10/h4-7,17H,16H2,1-3H3,(H,18,19). The second-order valence-corrected chi connectivity index (χ2v) is 5.11. The summed E-state index contributed by atoms with van der Waals surface area (Å²) in [6, 6.07) is 6.82. The zero-order chi connectivity index (χ0) is 15.9. The number of carbonyl (C=O) groups is 1. The van der Waals surface area contributed by atoms with Crippen LogP contribution in [0.3, 0.4) is 0 Å². The first-order valence-corrected chi connectivity index (χ1v) is 6.17. The monoisotopic (exact) mass is 288 g/mol. The molecule has 4 N–H and O–H groups in total. The Kier molecular flexibility index (Phi) is 5.61. The van der Waals surface area contributed by atoms with E-state index in [2.05, 4.69) is 15.3 Å². The summed E-state index contributed by atoms with van der Waals surface area (Å²) in [4.78, 5) is 11.7. The van der Waals surface area contributed by atoms with Crippen molar-refractivity contribution in [3.63, 3.8) is 0 Å². The Bertz CT molecular complexity index is 558. The number of nitriles is 1. The van der Waals surface area contributed by atoms with Gasteiger partial charge in [-0.15, -0.1) is 0 Å². The predicted octanol–water partition coefficient (Wildman–Crippen LogP) is 1.41. The zero-order valence-electron chi connectivity index (χ0n) is 12.1. The second-order valence-electron chi connectivity index (χ2n) is 5.11. The molecular formula is C13H17BN4O3. The maximum atomic E-state index is 11.7. The molecule has 1 amide bonds. The minimum atomic E-state index is -0.668. The molecule has 7 nitrogen and oxygen atoms in total. The molecule has 0 radical (unpaired) electrons. The van der Waals surface area contributed by atoms with Gasteiger partial charge in [0, 0.05) is 0 Å². The molecule has 0 heterocycles. The molecule has 0 saturated carbocycles. The van der Waals surface area contributed by atoms with Gasteiger partial charge in [-0.3, -0.25) is 0 Å². The number of anilines is 2. The number of nitrogens with zero attached hydrogens (tertiary/aromatic N) is 1. The number of amides is 1. The third kappa shape index (κ3) is 6.87. The first-order valence-electron chi connectivity index (χ1n) is 6.17. The number of carbonyl (C=O) groups excluding carboxylic acids is 1. The van der Waals surface area contributed by atoms with Crippen LogP contribution in [-0.4, -0.2) is 24.5 Å². The molecule has 0 aromatic heterocycles. The summed E-state index contributed by atoms with van der Waals surface area (Å²) in [5.74, 6) is 0. The summed E-state index contributed by atoms with van der Waals surface area (Å²) in [7, 11) is 1.07. The summed E-state index contributed by atoms with van der Waals surface area (Å²) in [6.07, 6.45) is 0.818. The van der Waals surface area contributed by atoms with Gasteiger partial charge in [-0.05, 0) is 0 Å². The van der Waals surface area contributed by atoms with Crippen LogP contribution in [0.2, 0.25) is 0 Å². The van der Waals surface area contributed by atoms with E-state index in [1.807, 2.05) is 0 Å². The van der Waals surface area contributed by atoms with Crippen LogP contribution < -0.4 is 16.4 Å². The van der Waals surface area contributed by atoms with E-state index in [-0.39, 0.29) is 5.71 Å². The molecule has 0 fully saturated rings. The van der Waals surface area contributed by atoms with Gasteiger partial charge in [0.2, 0.25) is 0 Å². The van der Waals surface area contributed by atoms with E-state index in [1.165, 1.54) is 6.26 Å². The average molecular weight is 288 g/mol. The molecular weight excluding hydrogens is 271 g/mol. The third-order valence-electron chi connectivity index (χ3n) is 2.05. The molecule has 0 unspecified atom stereocenters. The van der Waals surface area contributed by atoms with Crippen LogP contribution in [0.4, 0.5) is 16.2 Å². The number of ether oxygens (including phenoxy) is 1. The number of hydrogen-bond acceptors (Lipinski definition) is 6. The zero-order valence-corrected chi connectivity index (χ0v) is 12.1. The Balaban J connectivity index is 2.75. The molecule has 0 bridgehead atoms. The van der Waals surface area contributed by atoms with Crippen LogP contribution in [0.15, 0.2) is 24.3 Å². The van der Waals surface area contributed by atoms with Gasteiger partial charge in [-0.25, -0.2) is 0 Å². The Morgan fingerprint density at radius 2 is 1.95 bits per heavy atom. The van der Waals surface area contributed by atoms with Crippen molar-refractivity contribution in [1.29, 1.82) is 5.26 Å². The van der Waals surface area contributed by atoms with Gasteiger partial charge in [-0.1, -0.05) is 0 Å². The fourth-order valence-electron chi connectivity index (χ4n) is 1.31. The van der Waals surface area contributed by atoms with Crippen molar-refractivity contribution in [1.82, 2.24) is 5.32 Å². The van der Waals surface area contributed by atoms with Gasteiger partial charge >= 0.3 is 123 Å².